The van der Waals surface area contributed by atoms with Gasteiger partial charge in [0, 0.05) is 80.4 Å². The van der Waals surface area contributed by atoms with Crippen molar-refractivity contribution in [3.8, 4) is 56.7 Å². The minimum absolute atomic E-state index is 0.132. The topological polar surface area (TPSA) is 45.5 Å². The minimum Gasteiger partial charge on any atom is -0.309 e. The van der Waals surface area contributed by atoms with Gasteiger partial charge in [-0.25, -0.2) is 0 Å². The Morgan fingerprint density at radius 1 is 0.302 bits per heavy atom. The second-order valence-electron chi connectivity index (χ2n) is 23.7. The zero-order chi connectivity index (χ0) is 56.5. The Hall–Kier alpha value is -10.9. The Bertz CT molecular complexity index is 5940. The number of rotatable bonds is 6. The van der Waals surface area contributed by atoms with Crippen LogP contribution in [-0.2, 0) is 5.41 Å². The van der Waals surface area contributed by atoms with E-state index in [0.29, 0.717) is 5.95 Å². The number of fused-ring (bicyclic) bond motifs is 19. The second-order valence-corrected chi connectivity index (χ2v) is 24.7. The average Bonchev–Trinajstić information content (AvgIpc) is 2.09. The standard InChI is InChI=1S/C79H50N6S/c1-79(2)63-26-12-6-20-52(63)53-36-32-48(43-64(53)79)50-34-38-58-55-22-8-15-29-67(55)85(72(58)45-50)78-80-74(83-68-30-16-10-25-61(68)76-70(83)41-39-60-59-24-11-17-31-73(59)86-77(60)76)46-75(81-78)84-66-28-14-7-21-54(66)57-37-33-49(44-71(57)84)47-35-40-69-62(42-47)56-23-9-13-27-65(56)82(69)51-18-4-3-5-19-51/h3-46H,1-2H3. The number of aromatic nitrogens is 6. The van der Waals surface area contributed by atoms with Crippen molar-refractivity contribution in [3.63, 3.8) is 0 Å². The van der Waals surface area contributed by atoms with Crippen LogP contribution in [0.2, 0.25) is 0 Å². The lowest BCUT2D eigenvalue weighted by atomic mass is 9.81. The molecule has 0 saturated heterocycles. The van der Waals surface area contributed by atoms with Gasteiger partial charge in [0.25, 0.3) is 0 Å². The first-order valence-corrected chi connectivity index (χ1v) is 30.4. The van der Waals surface area contributed by atoms with Crippen LogP contribution in [0.1, 0.15) is 25.0 Å². The quantitative estimate of drug-likeness (QED) is 0.167. The van der Waals surface area contributed by atoms with Gasteiger partial charge >= 0.3 is 0 Å². The Labute approximate surface area is 497 Å². The van der Waals surface area contributed by atoms with Crippen LogP contribution in [0.25, 0.3) is 164 Å². The summed E-state index contributed by atoms with van der Waals surface area (Å²) in [5, 5.41) is 12.0. The van der Waals surface area contributed by atoms with Crippen molar-refractivity contribution >= 4 is 119 Å². The highest BCUT2D eigenvalue weighted by molar-refractivity contribution is 7.26. The smallest absolute Gasteiger partial charge is 0.238 e. The molecule has 0 radical (unpaired) electrons. The lowest BCUT2D eigenvalue weighted by Gasteiger charge is -2.22. The van der Waals surface area contributed by atoms with Gasteiger partial charge in [-0.1, -0.05) is 196 Å². The summed E-state index contributed by atoms with van der Waals surface area (Å²) in [4.78, 5) is 11.7. The maximum absolute atomic E-state index is 5.87. The van der Waals surface area contributed by atoms with Crippen LogP contribution in [-0.4, -0.2) is 28.2 Å². The number of nitrogens with zero attached hydrogens (tertiary/aromatic N) is 6. The molecule has 86 heavy (non-hydrogen) atoms. The van der Waals surface area contributed by atoms with Gasteiger partial charge in [0.15, 0.2) is 0 Å². The Balaban J connectivity index is 0.876. The van der Waals surface area contributed by atoms with Crippen LogP contribution in [0.3, 0.4) is 0 Å². The van der Waals surface area contributed by atoms with Crippen LogP contribution >= 0.6 is 11.3 Å². The van der Waals surface area contributed by atoms with Crippen LogP contribution < -0.4 is 0 Å². The largest absolute Gasteiger partial charge is 0.309 e. The van der Waals surface area contributed by atoms with E-state index < -0.39 is 0 Å². The van der Waals surface area contributed by atoms with E-state index >= 15 is 0 Å². The molecule has 0 aliphatic heterocycles. The first-order valence-electron chi connectivity index (χ1n) is 29.6. The number of para-hydroxylation sites is 5. The lowest BCUT2D eigenvalue weighted by Crippen LogP contribution is -2.14. The fourth-order valence-corrected chi connectivity index (χ4v) is 16.1. The van der Waals surface area contributed by atoms with E-state index in [9.17, 15) is 0 Å². The molecule has 0 N–H and O–H groups in total. The van der Waals surface area contributed by atoms with Crippen LogP contribution in [0.5, 0.6) is 0 Å². The average molecular weight is 1120 g/mol. The molecule has 0 amide bonds. The molecule has 0 bridgehead atoms. The van der Waals surface area contributed by atoms with Crippen molar-refractivity contribution in [2.75, 3.05) is 0 Å². The van der Waals surface area contributed by atoms with Gasteiger partial charge < -0.3 is 4.57 Å². The molecule has 7 heteroatoms. The molecule has 402 valence electrons. The Kier molecular flexibility index (Phi) is 9.74. The predicted molar refractivity (Wildman–Crippen MR) is 361 cm³/mol. The summed E-state index contributed by atoms with van der Waals surface area (Å²) < 4.78 is 12.0. The number of thiophene rings is 1. The molecule has 12 aromatic carbocycles. The SMILES string of the molecule is CC1(C)c2ccccc2-c2ccc(-c3ccc4c5ccccc5n(-c5nc(-n6c7ccccc7c7ccc(-c8ccc9c(c8)c8ccccc8n9-c8ccccc8)cc76)cc(-n6c7ccccc7c7c8sc9ccccc9c8ccc76)n5)c4c3)cc21. The summed E-state index contributed by atoms with van der Waals surface area (Å²) >= 11 is 1.87. The minimum atomic E-state index is -0.132. The van der Waals surface area contributed by atoms with Gasteiger partial charge in [0.1, 0.15) is 11.6 Å². The monoisotopic (exact) mass is 1110 g/mol. The molecule has 1 aliphatic rings. The van der Waals surface area contributed by atoms with Gasteiger partial charge in [-0.3, -0.25) is 13.7 Å². The fraction of sp³-hybridized carbons (Fsp3) is 0.0380. The maximum atomic E-state index is 5.87. The number of hydrogen-bond acceptors (Lipinski definition) is 3. The zero-order valence-corrected chi connectivity index (χ0v) is 47.8. The fourth-order valence-electron chi connectivity index (χ4n) is 14.9. The molecule has 1 aliphatic carbocycles. The molecule has 6 aromatic heterocycles. The normalized spacial score (nSPS) is 13.1. The van der Waals surface area contributed by atoms with Gasteiger partial charge in [-0.05, 0) is 123 Å². The van der Waals surface area contributed by atoms with E-state index in [1.165, 1.54) is 80.6 Å². The van der Waals surface area contributed by atoms with Gasteiger partial charge in [0.05, 0.1) is 44.1 Å². The van der Waals surface area contributed by atoms with Gasteiger partial charge in [-0.2, -0.15) is 9.97 Å². The highest BCUT2D eigenvalue weighted by Gasteiger charge is 2.35. The van der Waals surface area contributed by atoms with E-state index in [2.05, 4.69) is 299 Å². The molecule has 0 spiro atoms. The van der Waals surface area contributed by atoms with Gasteiger partial charge in [0.2, 0.25) is 5.95 Å². The number of hydrogen-bond donors (Lipinski definition) is 0. The van der Waals surface area contributed by atoms with Crippen molar-refractivity contribution in [2.45, 2.75) is 19.3 Å². The van der Waals surface area contributed by atoms with E-state index in [1.54, 1.807) is 0 Å². The van der Waals surface area contributed by atoms with Crippen LogP contribution in [0, 0.1) is 0 Å². The number of benzene rings is 12. The lowest BCUT2D eigenvalue weighted by molar-refractivity contribution is 0.660. The van der Waals surface area contributed by atoms with Crippen LogP contribution in [0.15, 0.2) is 267 Å². The summed E-state index contributed by atoms with van der Waals surface area (Å²) in [7, 11) is 0. The van der Waals surface area contributed by atoms with Crippen molar-refractivity contribution in [2.24, 2.45) is 0 Å². The third kappa shape index (κ3) is 6.60. The van der Waals surface area contributed by atoms with Crippen molar-refractivity contribution in [3.05, 3.63) is 278 Å². The van der Waals surface area contributed by atoms with E-state index in [0.717, 1.165) is 88.7 Å². The molecule has 19 rings (SSSR count). The zero-order valence-electron chi connectivity index (χ0n) is 47.0. The molecular weight excluding hydrogens is 1060 g/mol. The predicted octanol–water partition coefficient (Wildman–Crippen LogP) is 20.9. The van der Waals surface area contributed by atoms with Crippen molar-refractivity contribution in [1.82, 2.24) is 28.2 Å². The van der Waals surface area contributed by atoms with Crippen LogP contribution in [0.4, 0.5) is 0 Å². The summed E-state index contributed by atoms with van der Waals surface area (Å²) in [6.07, 6.45) is 0. The summed E-state index contributed by atoms with van der Waals surface area (Å²) in [5.41, 5.74) is 19.7. The van der Waals surface area contributed by atoms with E-state index in [4.69, 9.17) is 9.97 Å². The Morgan fingerprint density at radius 2 is 0.767 bits per heavy atom. The van der Waals surface area contributed by atoms with Gasteiger partial charge in [-0.15, -0.1) is 11.3 Å². The molecule has 0 unspecified atom stereocenters. The summed E-state index contributed by atoms with van der Waals surface area (Å²) in [6.45, 7) is 4.72. The highest BCUT2D eigenvalue weighted by atomic mass is 32.1. The maximum Gasteiger partial charge on any atom is 0.238 e. The van der Waals surface area contributed by atoms with Crippen molar-refractivity contribution in [1.29, 1.82) is 0 Å². The molecule has 0 saturated carbocycles. The Morgan fingerprint density at radius 3 is 1.49 bits per heavy atom. The van der Waals surface area contributed by atoms with E-state index in [-0.39, 0.29) is 5.41 Å². The third-order valence-electron chi connectivity index (χ3n) is 18.8. The first kappa shape index (κ1) is 47.6. The highest BCUT2D eigenvalue weighted by Crippen LogP contribution is 2.50. The third-order valence-corrected chi connectivity index (χ3v) is 20.0. The molecule has 0 atom stereocenters. The molecular formula is C79H50N6S. The molecule has 0 fully saturated rings. The molecule has 18 aromatic rings. The van der Waals surface area contributed by atoms with E-state index in [1.807, 2.05) is 11.3 Å². The molecule has 6 nitrogen and oxygen atoms in total. The van der Waals surface area contributed by atoms with Crippen molar-refractivity contribution < 1.29 is 0 Å². The second kappa shape index (κ2) is 17.6. The molecule has 6 heterocycles. The first-order chi connectivity index (χ1) is 42.4. The summed E-state index contributed by atoms with van der Waals surface area (Å²) in [5.74, 6) is 2.13. The summed E-state index contributed by atoms with van der Waals surface area (Å²) in [6, 6.07) is 98.3.